The number of halogens is 2. The molecule has 18 heavy (non-hydrogen) atoms. The predicted molar refractivity (Wildman–Crippen MR) is 71.3 cm³/mol. The van der Waals surface area contributed by atoms with Crippen molar-refractivity contribution in [2.45, 2.75) is 19.4 Å². The summed E-state index contributed by atoms with van der Waals surface area (Å²) >= 11 is 5.83. The van der Waals surface area contributed by atoms with E-state index in [1.165, 1.54) is 18.2 Å². The lowest BCUT2D eigenvalue weighted by atomic mass is 9.99. The van der Waals surface area contributed by atoms with Crippen molar-refractivity contribution in [3.05, 3.63) is 70.0 Å². The summed E-state index contributed by atoms with van der Waals surface area (Å²) in [6.07, 6.45) is -0.117. The maximum absolute atomic E-state index is 13.7. The summed E-state index contributed by atoms with van der Waals surface area (Å²) in [5.74, 6) is -0.450. The normalized spacial score (nSPS) is 12.4. The molecule has 3 heteroatoms. The fraction of sp³-hybridized carbons (Fsp3) is 0.200. The molecule has 0 saturated carbocycles. The van der Waals surface area contributed by atoms with Crippen LogP contribution >= 0.6 is 11.6 Å². The third-order valence-corrected chi connectivity index (χ3v) is 3.16. The van der Waals surface area contributed by atoms with Crippen LogP contribution in [0.15, 0.2) is 42.5 Å². The van der Waals surface area contributed by atoms with Gasteiger partial charge in [-0.05, 0) is 35.7 Å². The van der Waals surface area contributed by atoms with Crippen LogP contribution in [0.3, 0.4) is 0 Å². The molecule has 1 nitrogen and oxygen atoms in total. The first-order valence-electron chi connectivity index (χ1n) is 5.83. The molecule has 0 radical (unpaired) electrons. The van der Waals surface area contributed by atoms with Gasteiger partial charge in [0.2, 0.25) is 0 Å². The van der Waals surface area contributed by atoms with E-state index >= 15 is 0 Å². The molecule has 2 aromatic carbocycles. The van der Waals surface area contributed by atoms with Gasteiger partial charge in [0.05, 0.1) is 0 Å². The predicted octanol–water partition coefficient (Wildman–Crippen LogP) is 4.12. The maximum atomic E-state index is 13.7. The summed E-state index contributed by atoms with van der Waals surface area (Å²) in [5.41, 5.74) is 1.99. The molecule has 0 heterocycles. The molecular weight excluding hydrogens is 251 g/mol. The number of aryl methyl sites for hydroxylation is 1. The van der Waals surface area contributed by atoms with Crippen molar-refractivity contribution in [1.29, 1.82) is 0 Å². The average Bonchev–Trinajstić information content (AvgIpc) is 2.41. The van der Waals surface area contributed by atoms with Gasteiger partial charge in [-0.1, -0.05) is 42.8 Å². The first-order chi connectivity index (χ1) is 8.61. The summed E-state index contributed by atoms with van der Waals surface area (Å²) in [7, 11) is 0. The van der Waals surface area contributed by atoms with Gasteiger partial charge in [-0.2, -0.15) is 0 Å². The van der Waals surface area contributed by atoms with E-state index in [2.05, 4.69) is 0 Å². The second kappa shape index (κ2) is 5.51. The lowest BCUT2D eigenvalue weighted by Gasteiger charge is -2.13. The third kappa shape index (κ3) is 2.71. The molecule has 0 bridgehead atoms. The summed E-state index contributed by atoms with van der Waals surface area (Å²) < 4.78 is 13.7. The van der Waals surface area contributed by atoms with E-state index in [1.54, 1.807) is 6.07 Å². The minimum absolute atomic E-state index is 0.204. The fourth-order valence-corrected chi connectivity index (χ4v) is 2.07. The molecule has 1 atom stereocenters. The van der Waals surface area contributed by atoms with Gasteiger partial charge < -0.3 is 5.11 Å². The monoisotopic (exact) mass is 264 g/mol. The van der Waals surface area contributed by atoms with E-state index in [0.717, 1.165) is 12.0 Å². The van der Waals surface area contributed by atoms with Crippen molar-refractivity contribution in [2.24, 2.45) is 0 Å². The molecule has 2 aromatic rings. The molecular formula is C15H14ClFO. The minimum Gasteiger partial charge on any atom is -0.384 e. The van der Waals surface area contributed by atoms with Crippen LogP contribution in [-0.2, 0) is 6.42 Å². The van der Waals surface area contributed by atoms with Gasteiger partial charge in [-0.3, -0.25) is 0 Å². The number of aliphatic hydroxyl groups is 1. The Morgan fingerprint density at radius 2 is 2.00 bits per heavy atom. The third-order valence-electron chi connectivity index (χ3n) is 2.93. The van der Waals surface area contributed by atoms with Gasteiger partial charge in [0, 0.05) is 10.6 Å². The van der Waals surface area contributed by atoms with Crippen molar-refractivity contribution < 1.29 is 9.50 Å². The van der Waals surface area contributed by atoms with Crippen molar-refractivity contribution >= 4 is 11.6 Å². The molecule has 0 aliphatic heterocycles. The highest BCUT2D eigenvalue weighted by molar-refractivity contribution is 6.30. The Balaban J connectivity index is 2.40. The van der Waals surface area contributed by atoms with Crippen LogP contribution in [-0.4, -0.2) is 5.11 Å². The Morgan fingerprint density at radius 3 is 2.72 bits per heavy atom. The molecule has 1 unspecified atom stereocenters. The van der Waals surface area contributed by atoms with Crippen LogP contribution in [0.5, 0.6) is 0 Å². The van der Waals surface area contributed by atoms with Crippen molar-refractivity contribution in [3.8, 4) is 0 Å². The van der Waals surface area contributed by atoms with Crippen LogP contribution in [0.4, 0.5) is 4.39 Å². The lowest BCUT2D eigenvalue weighted by molar-refractivity contribution is 0.215. The summed E-state index contributed by atoms with van der Waals surface area (Å²) in [5, 5.41) is 10.6. The molecule has 94 valence electrons. The molecule has 0 aliphatic rings. The second-order valence-electron chi connectivity index (χ2n) is 4.17. The number of benzene rings is 2. The van der Waals surface area contributed by atoms with Crippen LogP contribution < -0.4 is 0 Å². The summed E-state index contributed by atoms with van der Waals surface area (Å²) in [6, 6.07) is 11.7. The first-order valence-corrected chi connectivity index (χ1v) is 6.21. The molecule has 1 N–H and O–H groups in total. The van der Waals surface area contributed by atoms with Gasteiger partial charge in [0.25, 0.3) is 0 Å². The Hall–Kier alpha value is -1.38. The van der Waals surface area contributed by atoms with Crippen molar-refractivity contribution in [1.82, 2.24) is 0 Å². The van der Waals surface area contributed by atoms with Crippen LogP contribution in [0.2, 0.25) is 5.02 Å². The van der Waals surface area contributed by atoms with Crippen LogP contribution in [0, 0.1) is 5.82 Å². The molecule has 0 spiro atoms. The SMILES string of the molecule is CCc1cccc(C(O)c2cc(Cl)ccc2F)c1. The summed E-state index contributed by atoms with van der Waals surface area (Å²) in [6.45, 7) is 2.03. The topological polar surface area (TPSA) is 20.2 Å². The average molecular weight is 265 g/mol. The van der Waals surface area contributed by atoms with E-state index in [9.17, 15) is 9.50 Å². The Labute approximate surface area is 111 Å². The molecule has 2 rings (SSSR count). The molecule has 0 aliphatic carbocycles. The number of hydrogen-bond donors (Lipinski definition) is 1. The van der Waals surface area contributed by atoms with E-state index in [0.29, 0.717) is 10.6 Å². The minimum atomic E-state index is -0.991. The molecule has 0 fully saturated rings. The highest BCUT2D eigenvalue weighted by Gasteiger charge is 2.15. The van der Waals surface area contributed by atoms with Gasteiger partial charge in [-0.25, -0.2) is 4.39 Å². The zero-order valence-electron chi connectivity index (χ0n) is 10.0. The lowest BCUT2D eigenvalue weighted by Crippen LogP contribution is -2.03. The molecule has 0 amide bonds. The standard InChI is InChI=1S/C15H14ClFO/c1-2-10-4-3-5-11(8-10)15(18)13-9-12(16)6-7-14(13)17/h3-9,15,18H,2H2,1H3. The quantitative estimate of drug-likeness (QED) is 0.884. The van der Waals surface area contributed by atoms with Crippen molar-refractivity contribution in [2.75, 3.05) is 0 Å². The second-order valence-corrected chi connectivity index (χ2v) is 4.60. The summed E-state index contributed by atoms with van der Waals surface area (Å²) in [4.78, 5) is 0. The van der Waals surface area contributed by atoms with Crippen LogP contribution in [0.25, 0.3) is 0 Å². The van der Waals surface area contributed by atoms with E-state index in [-0.39, 0.29) is 5.56 Å². The largest absolute Gasteiger partial charge is 0.384 e. The Morgan fingerprint density at radius 1 is 1.22 bits per heavy atom. The van der Waals surface area contributed by atoms with Crippen molar-refractivity contribution in [3.63, 3.8) is 0 Å². The smallest absolute Gasteiger partial charge is 0.129 e. The zero-order chi connectivity index (χ0) is 13.1. The van der Waals surface area contributed by atoms with E-state index < -0.39 is 11.9 Å². The Kier molecular flexibility index (Phi) is 4.00. The number of hydrogen-bond acceptors (Lipinski definition) is 1. The van der Waals surface area contributed by atoms with Crippen LogP contribution in [0.1, 0.15) is 29.7 Å². The van der Waals surface area contributed by atoms with Gasteiger partial charge in [0.15, 0.2) is 0 Å². The van der Waals surface area contributed by atoms with E-state index in [1.807, 2.05) is 25.1 Å². The molecule has 0 aromatic heterocycles. The number of aliphatic hydroxyl groups excluding tert-OH is 1. The zero-order valence-corrected chi connectivity index (χ0v) is 10.8. The van der Waals surface area contributed by atoms with E-state index in [4.69, 9.17) is 11.6 Å². The Bertz CT molecular complexity index is 554. The highest BCUT2D eigenvalue weighted by Crippen LogP contribution is 2.27. The highest BCUT2D eigenvalue weighted by atomic mass is 35.5. The number of rotatable bonds is 3. The molecule has 0 saturated heterocycles. The first kappa shape index (κ1) is 13.1. The fourth-order valence-electron chi connectivity index (χ4n) is 1.89. The maximum Gasteiger partial charge on any atom is 0.129 e. The van der Waals surface area contributed by atoms with Gasteiger partial charge >= 0.3 is 0 Å². The van der Waals surface area contributed by atoms with Gasteiger partial charge in [0.1, 0.15) is 11.9 Å². The van der Waals surface area contributed by atoms with Gasteiger partial charge in [-0.15, -0.1) is 0 Å².